The summed E-state index contributed by atoms with van der Waals surface area (Å²) in [7, 11) is 0. The average molecular weight is 467 g/mol. The Morgan fingerprint density at radius 1 is 0.971 bits per heavy atom. The van der Waals surface area contributed by atoms with E-state index in [1.165, 1.54) is 23.8 Å². The fourth-order valence-corrected chi connectivity index (χ4v) is 3.74. The molecule has 0 aliphatic carbocycles. The van der Waals surface area contributed by atoms with Crippen molar-refractivity contribution in [2.45, 2.75) is 19.8 Å². The topological polar surface area (TPSA) is 116 Å². The van der Waals surface area contributed by atoms with Crippen molar-refractivity contribution in [1.29, 1.82) is 0 Å². The predicted molar refractivity (Wildman–Crippen MR) is 132 cm³/mol. The minimum absolute atomic E-state index is 0.0344. The van der Waals surface area contributed by atoms with E-state index >= 15 is 0 Å². The Balaban J connectivity index is 1.36. The summed E-state index contributed by atoms with van der Waals surface area (Å²) in [4.78, 5) is 25.1. The first-order chi connectivity index (χ1) is 16.9. The second-order valence-electron chi connectivity index (χ2n) is 8.33. The second-order valence-corrected chi connectivity index (χ2v) is 8.33. The van der Waals surface area contributed by atoms with Gasteiger partial charge in [0.15, 0.2) is 5.76 Å². The van der Waals surface area contributed by atoms with E-state index in [2.05, 4.69) is 41.5 Å². The molecule has 2 aromatic heterocycles. The van der Waals surface area contributed by atoms with E-state index < -0.39 is 10.8 Å². The largest absolute Gasteiger partial charge is 0.451 e. The number of nitro groups is 1. The molecule has 1 N–H and O–H groups in total. The van der Waals surface area contributed by atoms with Crippen LogP contribution in [0.5, 0.6) is 0 Å². The van der Waals surface area contributed by atoms with Crippen molar-refractivity contribution in [3.8, 4) is 17.0 Å². The molecule has 1 amide bonds. The fourth-order valence-electron chi connectivity index (χ4n) is 3.74. The summed E-state index contributed by atoms with van der Waals surface area (Å²) in [6, 6.07) is 22.5. The van der Waals surface area contributed by atoms with Gasteiger partial charge in [-0.3, -0.25) is 14.9 Å². The molecule has 0 radical (unpaired) electrons. The van der Waals surface area contributed by atoms with Crippen LogP contribution < -0.4 is 5.32 Å². The number of hydrogen-bond donors (Lipinski definition) is 1. The number of rotatable bonds is 6. The maximum atomic E-state index is 12.7. The summed E-state index contributed by atoms with van der Waals surface area (Å²) in [6.07, 6.45) is 0. The van der Waals surface area contributed by atoms with Gasteiger partial charge in [0.1, 0.15) is 16.8 Å². The lowest BCUT2D eigenvalue weighted by Gasteiger charge is -2.05. The number of fused-ring (bicyclic) bond motifs is 1. The summed E-state index contributed by atoms with van der Waals surface area (Å²) in [5, 5.41) is 23.1. The van der Waals surface area contributed by atoms with Crippen LogP contribution in [0, 0.1) is 10.1 Å². The van der Waals surface area contributed by atoms with E-state index in [0.717, 1.165) is 5.69 Å². The number of nitrogens with one attached hydrogen (secondary N) is 1. The summed E-state index contributed by atoms with van der Waals surface area (Å²) in [6.45, 7) is 4.28. The van der Waals surface area contributed by atoms with Gasteiger partial charge in [0.05, 0.1) is 16.2 Å². The van der Waals surface area contributed by atoms with Gasteiger partial charge in [0.2, 0.25) is 0 Å². The van der Waals surface area contributed by atoms with Crippen molar-refractivity contribution in [3.63, 3.8) is 0 Å². The van der Waals surface area contributed by atoms with Gasteiger partial charge < -0.3 is 9.73 Å². The molecule has 9 nitrogen and oxygen atoms in total. The minimum Gasteiger partial charge on any atom is -0.451 e. The molecule has 5 aromatic rings. The molecule has 0 spiro atoms. The number of amides is 1. The van der Waals surface area contributed by atoms with Crippen LogP contribution in [0.15, 0.2) is 83.3 Å². The molecule has 0 aliphatic rings. The van der Waals surface area contributed by atoms with Gasteiger partial charge in [-0.1, -0.05) is 38.1 Å². The number of hydrogen-bond acceptors (Lipinski definition) is 6. The highest BCUT2D eigenvalue weighted by Gasteiger charge is 2.19. The maximum Gasteiger partial charge on any atom is 0.291 e. The van der Waals surface area contributed by atoms with E-state index in [0.29, 0.717) is 28.2 Å². The van der Waals surface area contributed by atoms with Crippen molar-refractivity contribution in [3.05, 3.63) is 100 Å². The number of nitro benzene ring substituents is 1. The first-order valence-electron chi connectivity index (χ1n) is 11.0. The normalized spacial score (nSPS) is 11.2. The molecule has 0 fully saturated rings. The van der Waals surface area contributed by atoms with Crippen molar-refractivity contribution in [2.75, 3.05) is 5.32 Å². The molecule has 3 aromatic carbocycles. The molecule has 5 rings (SSSR count). The second kappa shape index (κ2) is 8.86. The number of furan rings is 1. The Hall–Kier alpha value is -4.79. The Bertz CT molecular complexity index is 1550. The molecule has 0 saturated heterocycles. The molecular weight excluding hydrogens is 446 g/mol. The van der Waals surface area contributed by atoms with Gasteiger partial charge in [-0.15, -0.1) is 10.2 Å². The smallest absolute Gasteiger partial charge is 0.291 e. The van der Waals surface area contributed by atoms with E-state index in [4.69, 9.17) is 4.42 Å². The molecule has 0 atom stereocenters. The zero-order chi connectivity index (χ0) is 24.5. The van der Waals surface area contributed by atoms with Crippen LogP contribution in [0.4, 0.5) is 11.4 Å². The van der Waals surface area contributed by atoms with Crippen LogP contribution in [0.25, 0.3) is 28.0 Å². The number of carbonyl (C=O) groups is 1. The SMILES string of the molecule is CC(C)c1ccc(-n2nc3ccc(NC(=O)c4ccc(-c5ccccc5[N+](=O)[O-])o4)cc3n2)cc1. The number of nitrogens with zero attached hydrogens (tertiary/aromatic N) is 4. The Kier molecular flexibility index (Phi) is 5.58. The zero-order valence-corrected chi connectivity index (χ0v) is 19.0. The molecular formula is C26H21N5O4. The van der Waals surface area contributed by atoms with Gasteiger partial charge in [0.25, 0.3) is 11.6 Å². The summed E-state index contributed by atoms with van der Waals surface area (Å²) < 4.78 is 5.62. The highest BCUT2D eigenvalue weighted by molar-refractivity contribution is 6.03. The first-order valence-corrected chi connectivity index (χ1v) is 11.0. The van der Waals surface area contributed by atoms with E-state index in [-0.39, 0.29) is 17.2 Å². The Morgan fingerprint density at radius 2 is 1.71 bits per heavy atom. The predicted octanol–water partition coefficient (Wildman–Crippen LogP) is 5.96. The zero-order valence-electron chi connectivity index (χ0n) is 19.0. The lowest BCUT2D eigenvalue weighted by atomic mass is 10.0. The number of carbonyl (C=O) groups excluding carboxylic acids is 1. The number of aromatic nitrogens is 3. The highest BCUT2D eigenvalue weighted by atomic mass is 16.6. The van der Waals surface area contributed by atoms with Crippen LogP contribution in [0.2, 0.25) is 0 Å². The van der Waals surface area contributed by atoms with Crippen LogP contribution in [-0.2, 0) is 0 Å². The maximum absolute atomic E-state index is 12.7. The van der Waals surface area contributed by atoms with Crippen LogP contribution in [0.1, 0.15) is 35.9 Å². The average Bonchev–Trinajstić information content (AvgIpc) is 3.51. The monoisotopic (exact) mass is 467 g/mol. The molecule has 2 heterocycles. The first kappa shape index (κ1) is 22.0. The summed E-state index contributed by atoms with van der Waals surface area (Å²) in [5.74, 6) is 0.232. The summed E-state index contributed by atoms with van der Waals surface area (Å²) >= 11 is 0. The molecule has 35 heavy (non-hydrogen) atoms. The Morgan fingerprint density at radius 3 is 2.46 bits per heavy atom. The Labute approximate surface area is 200 Å². The lowest BCUT2D eigenvalue weighted by Crippen LogP contribution is -2.10. The molecule has 0 bridgehead atoms. The molecule has 0 aliphatic heterocycles. The van der Waals surface area contributed by atoms with Crippen molar-refractivity contribution >= 4 is 28.3 Å². The van der Waals surface area contributed by atoms with E-state index in [1.807, 2.05) is 12.1 Å². The van der Waals surface area contributed by atoms with Crippen molar-refractivity contribution in [2.24, 2.45) is 0 Å². The lowest BCUT2D eigenvalue weighted by molar-refractivity contribution is -0.384. The van der Waals surface area contributed by atoms with Gasteiger partial charge in [-0.2, -0.15) is 4.80 Å². The van der Waals surface area contributed by atoms with Crippen molar-refractivity contribution < 1.29 is 14.1 Å². The quantitative estimate of drug-likeness (QED) is 0.243. The molecule has 0 saturated carbocycles. The minimum atomic E-state index is -0.487. The van der Waals surface area contributed by atoms with Crippen LogP contribution in [0.3, 0.4) is 0 Å². The van der Waals surface area contributed by atoms with Gasteiger partial charge in [-0.25, -0.2) is 0 Å². The third-order valence-corrected chi connectivity index (χ3v) is 5.62. The van der Waals surface area contributed by atoms with Crippen molar-refractivity contribution in [1.82, 2.24) is 15.0 Å². The molecule has 0 unspecified atom stereocenters. The number of para-hydroxylation sites is 1. The standard InChI is InChI=1S/C26H21N5O4/c1-16(2)17-7-10-19(11-8-17)30-28-21-12-9-18(15-22(21)29-30)27-26(32)25-14-13-24(35-25)20-5-3-4-6-23(20)31(33)34/h3-16H,1-2H3,(H,27,32). The third kappa shape index (κ3) is 4.39. The molecule has 174 valence electrons. The van der Waals surface area contributed by atoms with Gasteiger partial charge in [0, 0.05) is 11.8 Å². The number of anilines is 1. The van der Waals surface area contributed by atoms with Gasteiger partial charge >= 0.3 is 0 Å². The van der Waals surface area contributed by atoms with E-state index in [1.54, 1.807) is 41.2 Å². The molecule has 9 heteroatoms. The van der Waals surface area contributed by atoms with E-state index in [9.17, 15) is 14.9 Å². The van der Waals surface area contributed by atoms with Gasteiger partial charge in [-0.05, 0) is 60.0 Å². The third-order valence-electron chi connectivity index (χ3n) is 5.62. The summed E-state index contributed by atoms with van der Waals surface area (Å²) in [5.41, 5.74) is 4.11. The van der Waals surface area contributed by atoms with Crippen LogP contribution in [-0.4, -0.2) is 25.8 Å². The number of benzene rings is 3. The van der Waals surface area contributed by atoms with Crippen LogP contribution >= 0.6 is 0 Å². The fraction of sp³-hybridized carbons (Fsp3) is 0.115. The highest BCUT2D eigenvalue weighted by Crippen LogP contribution is 2.31.